The molecule has 3 rings (SSSR count). The smallest absolute Gasteiger partial charge is 0.334 e. The summed E-state index contributed by atoms with van der Waals surface area (Å²) in [7, 11) is 3.36. The van der Waals surface area contributed by atoms with Crippen LogP contribution in [0.4, 0.5) is 0 Å². The first-order valence-corrected chi connectivity index (χ1v) is 20.6. The van der Waals surface area contributed by atoms with Gasteiger partial charge >= 0.3 is 5.97 Å². The Kier molecular flexibility index (Phi) is 23.1. The van der Waals surface area contributed by atoms with Gasteiger partial charge in [-0.05, 0) is 77.2 Å². The van der Waals surface area contributed by atoms with Crippen LogP contribution < -0.4 is 0 Å². The fraction of sp³-hybridized carbons (Fsp3) is 0.927. The lowest BCUT2D eigenvalue weighted by atomic mass is 10.00. The number of unbranched alkanes of at least 4 members (excludes halogenated alkanes) is 12. The van der Waals surface area contributed by atoms with Crippen molar-refractivity contribution in [2.75, 3.05) is 27.8 Å². The average molecular weight is 711 g/mol. The fourth-order valence-corrected chi connectivity index (χ4v) is 7.91. The van der Waals surface area contributed by atoms with Crippen LogP contribution in [0.5, 0.6) is 0 Å². The minimum atomic E-state index is -0.160. The molecular formula is C41H74O9. The van der Waals surface area contributed by atoms with E-state index in [0.29, 0.717) is 6.79 Å². The molecule has 3 aliphatic rings. The number of aliphatic hydroxyl groups excluding tert-OH is 1. The third-order valence-electron chi connectivity index (χ3n) is 10.8. The Hall–Kier alpha value is -1.07. The minimum Gasteiger partial charge on any atom is -0.455 e. The largest absolute Gasteiger partial charge is 0.455 e. The summed E-state index contributed by atoms with van der Waals surface area (Å²) in [5.41, 5.74) is 0.870. The first kappa shape index (κ1) is 43.3. The van der Waals surface area contributed by atoms with E-state index in [9.17, 15) is 9.90 Å². The van der Waals surface area contributed by atoms with Gasteiger partial charge in [0.15, 0.2) is 0 Å². The molecule has 2 saturated heterocycles. The molecule has 1 N–H and O–H groups in total. The van der Waals surface area contributed by atoms with Crippen molar-refractivity contribution in [2.24, 2.45) is 0 Å². The Morgan fingerprint density at radius 2 is 1.14 bits per heavy atom. The summed E-state index contributed by atoms with van der Waals surface area (Å²) < 4.78 is 41.3. The summed E-state index contributed by atoms with van der Waals surface area (Å²) in [5, 5.41) is 10.2. The molecule has 8 atom stereocenters. The van der Waals surface area contributed by atoms with Gasteiger partial charge in [0.25, 0.3) is 0 Å². The highest BCUT2D eigenvalue weighted by Gasteiger charge is 2.41. The van der Waals surface area contributed by atoms with Crippen molar-refractivity contribution in [3.05, 3.63) is 11.6 Å². The Labute approximate surface area is 304 Å². The molecule has 3 aliphatic heterocycles. The van der Waals surface area contributed by atoms with Crippen LogP contribution >= 0.6 is 0 Å². The monoisotopic (exact) mass is 711 g/mol. The summed E-state index contributed by atoms with van der Waals surface area (Å²) in [4.78, 5) is 11.7. The number of hydrogen-bond donors (Lipinski definition) is 1. The Morgan fingerprint density at radius 1 is 0.680 bits per heavy atom. The quantitative estimate of drug-likeness (QED) is 0.0429. The zero-order valence-corrected chi connectivity index (χ0v) is 32.3. The summed E-state index contributed by atoms with van der Waals surface area (Å²) in [5.74, 6) is -0.117. The molecule has 2 fully saturated rings. The van der Waals surface area contributed by atoms with Crippen LogP contribution in [-0.4, -0.2) is 87.7 Å². The van der Waals surface area contributed by atoms with E-state index in [0.717, 1.165) is 108 Å². The van der Waals surface area contributed by atoms with E-state index in [2.05, 4.69) is 6.92 Å². The lowest BCUT2D eigenvalue weighted by Crippen LogP contribution is -2.35. The van der Waals surface area contributed by atoms with E-state index in [1.54, 1.807) is 14.2 Å². The van der Waals surface area contributed by atoms with Crippen LogP contribution in [0.25, 0.3) is 0 Å². The number of carbonyl (C=O) groups excluding carboxylic acids is 1. The predicted octanol–water partition coefficient (Wildman–Crippen LogP) is 9.11. The van der Waals surface area contributed by atoms with Crippen molar-refractivity contribution >= 4 is 5.97 Å². The number of aliphatic hydroxyl groups is 1. The molecule has 9 heteroatoms. The van der Waals surface area contributed by atoms with E-state index in [1.165, 1.54) is 51.4 Å². The zero-order chi connectivity index (χ0) is 35.8. The first-order valence-electron chi connectivity index (χ1n) is 20.6. The third kappa shape index (κ3) is 17.2. The van der Waals surface area contributed by atoms with Crippen molar-refractivity contribution in [1.29, 1.82) is 0 Å². The molecule has 50 heavy (non-hydrogen) atoms. The predicted molar refractivity (Wildman–Crippen MR) is 197 cm³/mol. The molecule has 0 aromatic heterocycles. The lowest BCUT2D eigenvalue weighted by Gasteiger charge is -2.27. The number of methoxy groups -OCH3 is 2. The second kappa shape index (κ2) is 26.7. The summed E-state index contributed by atoms with van der Waals surface area (Å²) in [6, 6.07) is 0. The molecule has 0 spiro atoms. The van der Waals surface area contributed by atoms with Crippen LogP contribution in [0.1, 0.15) is 168 Å². The highest BCUT2D eigenvalue weighted by atomic mass is 16.7. The summed E-state index contributed by atoms with van der Waals surface area (Å²) in [6.45, 7) is 4.67. The molecular weight excluding hydrogens is 636 g/mol. The summed E-state index contributed by atoms with van der Waals surface area (Å²) in [6.07, 6.45) is 28.6. The van der Waals surface area contributed by atoms with Crippen LogP contribution in [0.3, 0.4) is 0 Å². The minimum absolute atomic E-state index is 0.0253. The first-order chi connectivity index (χ1) is 24.4. The molecule has 0 saturated carbocycles. The molecule has 292 valence electrons. The standard InChI is InChI=1S/C41H74O9/c1-5-6-21-34(42)22-17-15-19-24-36(47-31-45-4)38-26-28-40(50-38)39-27-25-37(49-39)35(46-30-44-3)23-18-14-12-10-8-7-9-11-13-16-20-33-29-32(2)48-41(33)43/h29,32,34-40,42H,5-28,30-31H2,1-4H3/t32-,34-,35+,36+,37+,38+,39+,40+/m0/s1. The van der Waals surface area contributed by atoms with Gasteiger partial charge in [-0.15, -0.1) is 0 Å². The fourth-order valence-electron chi connectivity index (χ4n) is 7.91. The van der Waals surface area contributed by atoms with Gasteiger partial charge in [0, 0.05) is 19.8 Å². The van der Waals surface area contributed by atoms with Crippen LogP contribution in [0.2, 0.25) is 0 Å². The number of ether oxygens (including phenoxy) is 7. The van der Waals surface area contributed by atoms with E-state index in [1.807, 2.05) is 13.0 Å². The van der Waals surface area contributed by atoms with E-state index >= 15 is 0 Å². The number of rotatable bonds is 31. The van der Waals surface area contributed by atoms with Gasteiger partial charge in [-0.3, -0.25) is 0 Å². The molecule has 0 aromatic carbocycles. The maximum Gasteiger partial charge on any atom is 0.334 e. The van der Waals surface area contributed by atoms with E-state index in [4.69, 9.17) is 33.2 Å². The molecule has 0 aromatic rings. The van der Waals surface area contributed by atoms with E-state index in [-0.39, 0.29) is 61.6 Å². The highest BCUT2D eigenvalue weighted by molar-refractivity contribution is 5.90. The SMILES string of the molecule is CCCC[C@H](O)CCCCC[C@@H](OCOC)[C@H]1CC[C@H]([C@H]2CC[C@H]([C@@H](CCCCCCCCCCCCC3=C[C@H](C)OC3=O)OCOC)O2)O1. The van der Waals surface area contributed by atoms with Gasteiger partial charge in [0.05, 0.1) is 42.7 Å². The molecule has 0 unspecified atom stereocenters. The average Bonchev–Trinajstić information content (AvgIpc) is 3.87. The molecule has 3 heterocycles. The second-order valence-corrected chi connectivity index (χ2v) is 15.1. The molecule has 0 aliphatic carbocycles. The maximum absolute atomic E-state index is 11.7. The topological polar surface area (TPSA) is 102 Å². The van der Waals surface area contributed by atoms with Crippen molar-refractivity contribution < 1.29 is 43.1 Å². The number of cyclic esters (lactones) is 1. The number of carbonyl (C=O) groups is 1. The van der Waals surface area contributed by atoms with Gasteiger partial charge in [0.2, 0.25) is 0 Å². The molecule has 0 amide bonds. The second-order valence-electron chi connectivity index (χ2n) is 15.1. The Balaban J connectivity index is 1.27. The van der Waals surface area contributed by atoms with Gasteiger partial charge in [-0.25, -0.2) is 4.79 Å². The number of esters is 1. The number of hydrogen-bond acceptors (Lipinski definition) is 9. The summed E-state index contributed by atoms with van der Waals surface area (Å²) >= 11 is 0. The third-order valence-corrected chi connectivity index (χ3v) is 10.8. The zero-order valence-electron chi connectivity index (χ0n) is 32.3. The van der Waals surface area contributed by atoms with Gasteiger partial charge in [0.1, 0.15) is 19.7 Å². The van der Waals surface area contributed by atoms with Gasteiger partial charge in [-0.2, -0.15) is 0 Å². The van der Waals surface area contributed by atoms with Gasteiger partial charge < -0.3 is 38.3 Å². The van der Waals surface area contributed by atoms with Crippen molar-refractivity contribution in [3.63, 3.8) is 0 Å². The van der Waals surface area contributed by atoms with Gasteiger partial charge in [-0.1, -0.05) is 96.8 Å². The molecule has 9 nitrogen and oxygen atoms in total. The molecule has 0 bridgehead atoms. The van der Waals surface area contributed by atoms with Crippen LogP contribution in [-0.2, 0) is 38.0 Å². The normalized spacial score (nSPS) is 25.6. The molecule has 0 radical (unpaired) electrons. The van der Waals surface area contributed by atoms with E-state index < -0.39 is 0 Å². The Bertz CT molecular complexity index is 897. The maximum atomic E-state index is 11.7. The van der Waals surface area contributed by atoms with Crippen LogP contribution in [0.15, 0.2) is 11.6 Å². The van der Waals surface area contributed by atoms with Crippen molar-refractivity contribution in [2.45, 2.75) is 217 Å². The van der Waals surface area contributed by atoms with Crippen LogP contribution in [0, 0.1) is 0 Å². The highest BCUT2D eigenvalue weighted by Crippen LogP contribution is 2.36. The van der Waals surface area contributed by atoms with Crippen molar-refractivity contribution in [1.82, 2.24) is 0 Å². The van der Waals surface area contributed by atoms with Crippen molar-refractivity contribution in [3.8, 4) is 0 Å². The Morgan fingerprint density at radius 3 is 1.62 bits per heavy atom. The lowest BCUT2D eigenvalue weighted by molar-refractivity contribution is -0.158.